The van der Waals surface area contributed by atoms with Gasteiger partial charge in [0.2, 0.25) is 0 Å². The molecule has 0 unspecified atom stereocenters. The second kappa shape index (κ2) is 7.02. The molecule has 0 amide bonds. The van der Waals surface area contributed by atoms with Crippen molar-refractivity contribution in [1.29, 1.82) is 0 Å². The first-order chi connectivity index (χ1) is 12.6. The van der Waals surface area contributed by atoms with Crippen LogP contribution < -0.4 is 0 Å². The van der Waals surface area contributed by atoms with E-state index in [1.165, 1.54) is 6.08 Å². The van der Waals surface area contributed by atoms with Crippen molar-refractivity contribution in [3.8, 4) is 0 Å². The van der Waals surface area contributed by atoms with Crippen LogP contribution in [0.3, 0.4) is 0 Å². The Balaban J connectivity index is 1.72. The minimum absolute atomic E-state index is 0.0767. The van der Waals surface area contributed by atoms with Crippen molar-refractivity contribution in [3.05, 3.63) is 93.6 Å². The zero-order valence-electron chi connectivity index (χ0n) is 13.6. The van der Waals surface area contributed by atoms with E-state index in [2.05, 4.69) is 33.0 Å². The van der Waals surface area contributed by atoms with Gasteiger partial charge in [-0.25, -0.2) is 4.98 Å². The number of carbonyl (C=O) groups is 1. The molecule has 0 bridgehead atoms. The molecule has 0 aliphatic heterocycles. The highest BCUT2D eigenvalue weighted by molar-refractivity contribution is 9.10. The molecule has 0 aliphatic rings. The lowest BCUT2D eigenvalue weighted by Crippen LogP contribution is -1.93. The summed E-state index contributed by atoms with van der Waals surface area (Å²) in [5, 5.41) is 3.56. The lowest BCUT2D eigenvalue weighted by molar-refractivity contribution is 0.104. The SMILES string of the molecule is O=C(/C=C/c1cc2ccc3ccccc3c2nc1Cl)c1ccc(Br)cc1. The number of nitrogens with zero attached hydrogens (tertiary/aromatic N) is 1. The van der Waals surface area contributed by atoms with Crippen LogP contribution in [0.15, 0.2) is 77.3 Å². The van der Waals surface area contributed by atoms with E-state index in [1.807, 2.05) is 42.5 Å². The lowest BCUT2D eigenvalue weighted by Gasteiger charge is -2.06. The van der Waals surface area contributed by atoms with Crippen LogP contribution in [-0.2, 0) is 0 Å². The Morgan fingerprint density at radius 1 is 0.962 bits per heavy atom. The maximum atomic E-state index is 12.3. The third-order valence-corrected chi connectivity index (χ3v) is 5.07. The molecule has 1 heterocycles. The molecule has 0 atom stereocenters. The molecule has 0 saturated heterocycles. The van der Waals surface area contributed by atoms with Gasteiger partial charge < -0.3 is 0 Å². The fourth-order valence-corrected chi connectivity index (χ4v) is 3.36. The number of halogens is 2. The van der Waals surface area contributed by atoms with Gasteiger partial charge in [0.25, 0.3) is 0 Å². The fraction of sp³-hybridized carbons (Fsp3) is 0. The Kier molecular flexibility index (Phi) is 4.58. The predicted molar refractivity (Wildman–Crippen MR) is 112 cm³/mol. The van der Waals surface area contributed by atoms with Crippen LogP contribution in [0.2, 0.25) is 5.15 Å². The Morgan fingerprint density at radius 3 is 2.50 bits per heavy atom. The van der Waals surface area contributed by atoms with E-state index < -0.39 is 0 Å². The van der Waals surface area contributed by atoms with Crippen molar-refractivity contribution in [3.63, 3.8) is 0 Å². The van der Waals surface area contributed by atoms with Gasteiger partial charge in [-0.05, 0) is 47.9 Å². The molecule has 0 N–H and O–H groups in total. The van der Waals surface area contributed by atoms with Gasteiger partial charge >= 0.3 is 0 Å². The number of ketones is 1. The zero-order valence-corrected chi connectivity index (χ0v) is 16.0. The van der Waals surface area contributed by atoms with Crippen LogP contribution in [0, 0.1) is 0 Å². The minimum Gasteiger partial charge on any atom is -0.289 e. The monoisotopic (exact) mass is 421 g/mol. The van der Waals surface area contributed by atoms with Crippen LogP contribution in [0.25, 0.3) is 27.8 Å². The van der Waals surface area contributed by atoms with Gasteiger partial charge in [-0.3, -0.25) is 4.79 Å². The number of hydrogen-bond acceptors (Lipinski definition) is 2. The first-order valence-electron chi connectivity index (χ1n) is 8.08. The predicted octanol–water partition coefficient (Wildman–Crippen LogP) is 6.70. The first-order valence-corrected chi connectivity index (χ1v) is 9.25. The van der Waals surface area contributed by atoms with E-state index in [-0.39, 0.29) is 5.78 Å². The molecular formula is C22H13BrClNO. The molecule has 4 rings (SSSR count). The van der Waals surface area contributed by atoms with E-state index in [9.17, 15) is 4.79 Å². The average Bonchev–Trinajstić information content (AvgIpc) is 2.66. The largest absolute Gasteiger partial charge is 0.289 e. The first kappa shape index (κ1) is 17.0. The lowest BCUT2D eigenvalue weighted by atomic mass is 10.0. The summed E-state index contributed by atoms with van der Waals surface area (Å²) in [5.41, 5.74) is 2.21. The highest BCUT2D eigenvalue weighted by Gasteiger charge is 2.07. The van der Waals surface area contributed by atoms with Gasteiger partial charge in [-0.1, -0.05) is 63.9 Å². The number of rotatable bonds is 3. The number of pyridine rings is 1. The number of aromatic nitrogens is 1. The summed E-state index contributed by atoms with van der Waals surface area (Å²) < 4.78 is 0.937. The van der Waals surface area contributed by atoms with Gasteiger partial charge in [-0.15, -0.1) is 0 Å². The molecule has 0 aliphatic carbocycles. The molecule has 0 spiro atoms. The summed E-state index contributed by atoms with van der Waals surface area (Å²) in [6.07, 6.45) is 3.24. The summed E-state index contributed by atoms with van der Waals surface area (Å²) in [5.74, 6) is -0.0767. The van der Waals surface area contributed by atoms with E-state index in [0.29, 0.717) is 10.7 Å². The van der Waals surface area contributed by atoms with Crippen LogP contribution in [0.5, 0.6) is 0 Å². The molecule has 0 saturated carbocycles. The molecular weight excluding hydrogens is 410 g/mol. The second-order valence-corrected chi connectivity index (χ2v) is 7.20. The number of allylic oxidation sites excluding steroid dienone is 1. The average molecular weight is 423 g/mol. The molecule has 4 aromatic rings. The van der Waals surface area contributed by atoms with Gasteiger partial charge in [0.15, 0.2) is 5.78 Å². The highest BCUT2D eigenvalue weighted by atomic mass is 79.9. The topological polar surface area (TPSA) is 30.0 Å². The Morgan fingerprint density at radius 2 is 1.69 bits per heavy atom. The number of carbonyl (C=O) groups excluding carboxylic acids is 1. The molecule has 2 nitrogen and oxygen atoms in total. The van der Waals surface area contributed by atoms with Crippen molar-refractivity contribution >= 4 is 61.1 Å². The van der Waals surface area contributed by atoms with Crippen LogP contribution in [0.1, 0.15) is 15.9 Å². The van der Waals surface area contributed by atoms with Crippen molar-refractivity contribution < 1.29 is 4.79 Å². The smallest absolute Gasteiger partial charge is 0.185 e. The molecule has 3 aromatic carbocycles. The highest BCUT2D eigenvalue weighted by Crippen LogP contribution is 2.28. The van der Waals surface area contributed by atoms with Gasteiger partial charge in [0, 0.05) is 26.4 Å². The summed E-state index contributed by atoms with van der Waals surface area (Å²) in [6, 6.07) is 21.4. The molecule has 0 fully saturated rings. The van der Waals surface area contributed by atoms with Crippen LogP contribution in [-0.4, -0.2) is 10.8 Å². The third kappa shape index (κ3) is 3.28. The van der Waals surface area contributed by atoms with E-state index in [0.717, 1.165) is 31.7 Å². The quantitative estimate of drug-likeness (QED) is 0.159. The normalized spacial score (nSPS) is 11.5. The number of fused-ring (bicyclic) bond motifs is 3. The van der Waals surface area contributed by atoms with Gasteiger partial charge in [-0.2, -0.15) is 0 Å². The van der Waals surface area contributed by atoms with Crippen molar-refractivity contribution in [2.45, 2.75) is 0 Å². The molecule has 4 heteroatoms. The standard InChI is InChI=1S/C22H13BrClNO/c23-18-10-7-15(8-11-18)20(26)12-9-17-13-16-6-5-14-3-1-2-4-19(14)21(16)25-22(17)24/h1-13H/b12-9+. The third-order valence-electron chi connectivity index (χ3n) is 4.23. The van der Waals surface area contributed by atoms with E-state index in [1.54, 1.807) is 18.2 Å². The van der Waals surface area contributed by atoms with Crippen molar-refractivity contribution in [1.82, 2.24) is 4.98 Å². The molecule has 1 aromatic heterocycles. The van der Waals surface area contributed by atoms with Crippen molar-refractivity contribution in [2.75, 3.05) is 0 Å². The Labute approximate surface area is 164 Å². The maximum Gasteiger partial charge on any atom is 0.185 e. The van der Waals surface area contributed by atoms with Crippen LogP contribution >= 0.6 is 27.5 Å². The van der Waals surface area contributed by atoms with Crippen molar-refractivity contribution in [2.24, 2.45) is 0 Å². The van der Waals surface area contributed by atoms with Gasteiger partial charge in [0.1, 0.15) is 5.15 Å². The number of hydrogen-bond donors (Lipinski definition) is 0. The second-order valence-electron chi connectivity index (χ2n) is 5.93. The van der Waals surface area contributed by atoms with E-state index >= 15 is 0 Å². The van der Waals surface area contributed by atoms with Gasteiger partial charge in [0.05, 0.1) is 5.52 Å². The molecule has 0 radical (unpaired) electrons. The zero-order chi connectivity index (χ0) is 18.1. The molecule has 126 valence electrons. The molecule has 26 heavy (non-hydrogen) atoms. The maximum absolute atomic E-state index is 12.3. The van der Waals surface area contributed by atoms with E-state index in [4.69, 9.17) is 11.6 Å². The minimum atomic E-state index is -0.0767. The summed E-state index contributed by atoms with van der Waals surface area (Å²) >= 11 is 9.74. The van der Waals surface area contributed by atoms with Crippen LogP contribution in [0.4, 0.5) is 0 Å². The Hall–Kier alpha value is -2.49. The summed E-state index contributed by atoms with van der Waals surface area (Å²) in [7, 11) is 0. The summed E-state index contributed by atoms with van der Waals surface area (Å²) in [4.78, 5) is 16.9. The fourth-order valence-electron chi connectivity index (χ4n) is 2.90. The Bertz CT molecular complexity index is 1170. The number of benzene rings is 3. The summed E-state index contributed by atoms with van der Waals surface area (Å²) in [6.45, 7) is 0.